The second-order valence-corrected chi connectivity index (χ2v) is 6.00. The third-order valence-electron chi connectivity index (χ3n) is 4.32. The van der Waals surface area contributed by atoms with Crippen molar-refractivity contribution in [2.24, 2.45) is 0 Å². The molecule has 0 amide bonds. The van der Waals surface area contributed by atoms with Gasteiger partial charge in [0.05, 0.1) is 0 Å². The highest BCUT2D eigenvalue weighted by Gasteiger charge is 2.14. The molecule has 1 aromatic heterocycles. The molecule has 1 aliphatic heterocycles. The molecule has 2 heterocycles. The molecular formula is C17H22N2O2. The van der Waals surface area contributed by atoms with Gasteiger partial charge in [0.1, 0.15) is 6.54 Å². The molecule has 1 fully saturated rings. The van der Waals surface area contributed by atoms with E-state index in [4.69, 9.17) is 5.11 Å². The number of carboxylic acids is 1. The van der Waals surface area contributed by atoms with Gasteiger partial charge < -0.3 is 14.6 Å². The van der Waals surface area contributed by atoms with Gasteiger partial charge in [-0.1, -0.05) is 11.6 Å². The summed E-state index contributed by atoms with van der Waals surface area (Å²) in [6.07, 6.45) is 5.63. The van der Waals surface area contributed by atoms with E-state index >= 15 is 0 Å². The molecule has 0 bridgehead atoms. The van der Waals surface area contributed by atoms with E-state index in [9.17, 15) is 4.79 Å². The Hall–Kier alpha value is -1.81. The van der Waals surface area contributed by atoms with Crippen LogP contribution in [-0.2, 0) is 17.8 Å². The zero-order valence-corrected chi connectivity index (χ0v) is 12.5. The first kappa shape index (κ1) is 14.1. The summed E-state index contributed by atoms with van der Waals surface area (Å²) in [6.45, 7) is 5.58. The molecule has 0 saturated carbocycles. The smallest absolute Gasteiger partial charge is 0.323 e. The van der Waals surface area contributed by atoms with Gasteiger partial charge in [0.2, 0.25) is 0 Å². The first-order chi connectivity index (χ1) is 10.1. The van der Waals surface area contributed by atoms with E-state index in [1.165, 1.54) is 42.4 Å². The van der Waals surface area contributed by atoms with Gasteiger partial charge in [-0.2, -0.15) is 0 Å². The lowest BCUT2D eigenvalue weighted by molar-refractivity contribution is -0.137. The lowest BCUT2D eigenvalue weighted by atomic mass is 10.1. The molecule has 2 aromatic rings. The van der Waals surface area contributed by atoms with Gasteiger partial charge >= 0.3 is 5.97 Å². The van der Waals surface area contributed by atoms with Crippen LogP contribution in [0, 0.1) is 6.92 Å². The monoisotopic (exact) mass is 286 g/mol. The molecule has 0 radical (unpaired) electrons. The van der Waals surface area contributed by atoms with Crippen LogP contribution in [0.2, 0.25) is 0 Å². The van der Waals surface area contributed by atoms with Gasteiger partial charge in [-0.3, -0.25) is 4.79 Å². The van der Waals surface area contributed by atoms with Gasteiger partial charge in [0.15, 0.2) is 0 Å². The number of hydrogen-bond donors (Lipinski definition) is 1. The van der Waals surface area contributed by atoms with Crippen molar-refractivity contribution in [2.75, 3.05) is 19.6 Å². The van der Waals surface area contributed by atoms with Crippen molar-refractivity contribution < 1.29 is 9.90 Å². The van der Waals surface area contributed by atoms with Crippen LogP contribution >= 0.6 is 0 Å². The molecular weight excluding hydrogens is 264 g/mol. The van der Waals surface area contributed by atoms with Crippen LogP contribution in [0.3, 0.4) is 0 Å². The topological polar surface area (TPSA) is 45.5 Å². The van der Waals surface area contributed by atoms with E-state index in [2.05, 4.69) is 17.9 Å². The Bertz CT molecular complexity index is 654. The average molecular weight is 286 g/mol. The Morgan fingerprint density at radius 3 is 2.76 bits per heavy atom. The molecule has 4 nitrogen and oxygen atoms in total. The minimum atomic E-state index is -0.793. The normalized spacial score (nSPS) is 15.9. The zero-order valence-electron chi connectivity index (χ0n) is 12.5. The fraction of sp³-hybridized carbons (Fsp3) is 0.471. The van der Waals surface area contributed by atoms with Crippen molar-refractivity contribution in [3.63, 3.8) is 0 Å². The molecule has 21 heavy (non-hydrogen) atoms. The Morgan fingerprint density at radius 2 is 2.05 bits per heavy atom. The van der Waals surface area contributed by atoms with Crippen LogP contribution in [0.4, 0.5) is 0 Å². The van der Waals surface area contributed by atoms with E-state index in [0.29, 0.717) is 0 Å². The quantitative estimate of drug-likeness (QED) is 0.919. The van der Waals surface area contributed by atoms with E-state index in [1.54, 1.807) is 0 Å². The summed E-state index contributed by atoms with van der Waals surface area (Å²) in [5.41, 5.74) is 3.51. The SMILES string of the molecule is Cc1ccc2c(c1)c(CCN1CCCC1)cn2CC(=O)O. The number of likely N-dealkylation sites (tertiary alicyclic amines) is 1. The number of benzene rings is 1. The highest BCUT2D eigenvalue weighted by molar-refractivity contribution is 5.86. The molecule has 1 aromatic carbocycles. The number of nitrogens with zero attached hydrogens (tertiary/aromatic N) is 2. The van der Waals surface area contributed by atoms with E-state index in [0.717, 1.165) is 18.5 Å². The van der Waals surface area contributed by atoms with Crippen molar-refractivity contribution in [2.45, 2.75) is 32.7 Å². The van der Waals surface area contributed by atoms with Crippen LogP contribution < -0.4 is 0 Å². The fourth-order valence-electron chi connectivity index (χ4n) is 3.25. The summed E-state index contributed by atoms with van der Waals surface area (Å²) in [4.78, 5) is 13.5. The molecule has 3 rings (SSSR count). The van der Waals surface area contributed by atoms with Crippen LogP contribution in [0.5, 0.6) is 0 Å². The second-order valence-electron chi connectivity index (χ2n) is 6.00. The lowest BCUT2D eigenvalue weighted by Gasteiger charge is -2.13. The van der Waals surface area contributed by atoms with Crippen molar-refractivity contribution in [1.29, 1.82) is 0 Å². The minimum absolute atomic E-state index is 0.0310. The molecule has 112 valence electrons. The largest absolute Gasteiger partial charge is 0.480 e. The highest BCUT2D eigenvalue weighted by Crippen LogP contribution is 2.24. The number of carbonyl (C=O) groups is 1. The van der Waals surface area contributed by atoms with Gasteiger partial charge in [-0.05, 0) is 57.0 Å². The molecule has 4 heteroatoms. The predicted octanol–water partition coefficient (Wildman–Crippen LogP) is 2.67. The maximum atomic E-state index is 11.0. The Balaban J connectivity index is 1.88. The van der Waals surface area contributed by atoms with E-state index < -0.39 is 5.97 Å². The summed E-state index contributed by atoms with van der Waals surface area (Å²) >= 11 is 0. The summed E-state index contributed by atoms with van der Waals surface area (Å²) in [5, 5.41) is 10.3. The van der Waals surface area contributed by atoms with Crippen LogP contribution in [0.1, 0.15) is 24.0 Å². The number of aliphatic carboxylic acids is 1. The standard InChI is InChI=1S/C17H22N2O2/c1-13-4-5-16-15(10-13)14(11-19(16)12-17(20)21)6-9-18-7-2-3-8-18/h4-5,10-11H,2-3,6-9,12H2,1H3,(H,20,21). The summed E-state index contributed by atoms with van der Waals surface area (Å²) in [6, 6.07) is 6.25. The molecule has 0 spiro atoms. The number of fused-ring (bicyclic) bond motifs is 1. The van der Waals surface area contributed by atoms with Crippen molar-refractivity contribution >= 4 is 16.9 Å². The summed E-state index contributed by atoms with van der Waals surface area (Å²) < 4.78 is 1.86. The number of rotatable bonds is 5. The number of carboxylic acid groups (broad SMARTS) is 1. The third kappa shape index (κ3) is 3.10. The van der Waals surface area contributed by atoms with E-state index in [1.807, 2.05) is 22.9 Å². The Labute approximate surface area is 125 Å². The maximum Gasteiger partial charge on any atom is 0.323 e. The molecule has 1 N–H and O–H groups in total. The van der Waals surface area contributed by atoms with Crippen molar-refractivity contribution in [3.8, 4) is 0 Å². The molecule has 1 saturated heterocycles. The van der Waals surface area contributed by atoms with Gasteiger partial charge in [0.25, 0.3) is 0 Å². The molecule has 1 aliphatic rings. The second kappa shape index (κ2) is 5.90. The molecule has 0 aliphatic carbocycles. The summed E-state index contributed by atoms with van der Waals surface area (Å²) in [7, 11) is 0. The Morgan fingerprint density at radius 1 is 1.29 bits per heavy atom. The fourth-order valence-corrected chi connectivity index (χ4v) is 3.25. The van der Waals surface area contributed by atoms with Crippen molar-refractivity contribution in [1.82, 2.24) is 9.47 Å². The summed E-state index contributed by atoms with van der Waals surface area (Å²) in [5.74, 6) is -0.793. The molecule has 0 unspecified atom stereocenters. The highest BCUT2D eigenvalue weighted by atomic mass is 16.4. The average Bonchev–Trinajstić information content (AvgIpc) is 3.04. The predicted molar refractivity (Wildman–Crippen MR) is 83.7 cm³/mol. The maximum absolute atomic E-state index is 11.0. The number of aryl methyl sites for hydroxylation is 1. The minimum Gasteiger partial charge on any atom is -0.480 e. The Kier molecular flexibility index (Phi) is 3.97. The van der Waals surface area contributed by atoms with Crippen LogP contribution in [0.15, 0.2) is 24.4 Å². The number of hydrogen-bond acceptors (Lipinski definition) is 2. The van der Waals surface area contributed by atoms with Crippen LogP contribution in [0.25, 0.3) is 10.9 Å². The van der Waals surface area contributed by atoms with E-state index in [-0.39, 0.29) is 6.54 Å². The number of aromatic nitrogens is 1. The molecule has 0 atom stereocenters. The van der Waals surface area contributed by atoms with Crippen LogP contribution in [-0.4, -0.2) is 40.2 Å². The van der Waals surface area contributed by atoms with Gasteiger partial charge in [-0.15, -0.1) is 0 Å². The van der Waals surface area contributed by atoms with Crippen molar-refractivity contribution in [3.05, 3.63) is 35.5 Å². The first-order valence-electron chi connectivity index (χ1n) is 7.66. The lowest BCUT2D eigenvalue weighted by Crippen LogP contribution is -2.21. The van der Waals surface area contributed by atoms with Gasteiger partial charge in [-0.25, -0.2) is 0 Å². The van der Waals surface area contributed by atoms with Gasteiger partial charge in [0, 0.05) is 23.6 Å². The zero-order chi connectivity index (χ0) is 14.8. The third-order valence-corrected chi connectivity index (χ3v) is 4.32. The first-order valence-corrected chi connectivity index (χ1v) is 7.66.